The van der Waals surface area contributed by atoms with Gasteiger partial charge in [0.15, 0.2) is 0 Å². The standard InChI is InChI=1S/C26H37N3O4S2/c1-8-20-17-23(35(31,32)28-25(30)33-26(3,4)5)16-19(2)24(20)27-21(14-15-29(6)7)18-34-22-12-10-9-11-13-22/h8-13,16-17,21,27H,1,14-15,18H2,2-7H3,(H,28,30). The molecule has 0 fully saturated rings. The maximum absolute atomic E-state index is 12.8. The second-order valence-electron chi connectivity index (χ2n) is 9.57. The molecule has 0 spiro atoms. The Balaban J connectivity index is 2.27. The maximum Gasteiger partial charge on any atom is 0.421 e. The molecule has 0 aliphatic carbocycles. The third kappa shape index (κ3) is 9.58. The van der Waals surface area contributed by atoms with Crippen molar-refractivity contribution in [2.45, 2.75) is 55.5 Å². The summed E-state index contributed by atoms with van der Waals surface area (Å²) < 4.78 is 32.8. The Morgan fingerprint density at radius 2 is 1.86 bits per heavy atom. The number of sulfonamides is 1. The van der Waals surface area contributed by atoms with Gasteiger partial charge in [-0.2, -0.15) is 0 Å². The topological polar surface area (TPSA) is 87.7 Å². The number of aryl methyl sites for hydroxylation is 1. The van der Waals surface area contributed by atoms with Crippen molar-refractivity contribution in [2.24, 2.45) is 0 Å². The zero-order valence-corrected chi connectivity index (χ0v) is 23.1. The molecule has 9 heteroatoms. The highest BCUT2D eigenvalue weighted by Crippen LogP contribution is 2.29. The molecule has 0 aliphatic heterocycles. The van der Waals surface area contributed by atoms with E-state index in [1.54, 1.807) is 44.7 Å². The number of nitrogens with zero attached hydrogens (tertiary/aromatic N) is 1. The molecule has 35 heavy (non-hydrogen) atoms. The molecule has 0 radical (unpaired) electrons. The van der Waals surface area contributed by atoms with Crippen LogP contribution < -0.4 is 10.0 Å². The van der Waals surface area contributed by atoms with E-state index in [9.17, 15) is 13.2 Å². The normalized spacial score (nSPS) is 12.8. The summed E-state index contributed by atoms with van der Waals surface area (Å²) in [7, 11) is -0.0292. The highest BCUT2D eigenvalue weighted by atomic mass is 32.2. The van der Waals surface area contributed by atoms with E-state index >= 15 is 0 Å². The number of carbonyl (C=O) groups excluding carboxylic acids is 1. The number of rotatable bonds is 11. The van der Waals surface area contributed by atoms with Gasteiger partial charge in [0, 0.05) is 22.4 Å². The molecule has 0 heterocycles. The van der Waals surface area contributed by atoms with Gasteiger partial charge in [-0.3, -0.25) is 0 Å². The lowest BCUT2D eigenvalue weighted by atomic mass is 10.1. The third-order valence-corrected chi connectivity index (χ3v) is 7.42. The molecule has 192 valence electrons. The minimum atomic E-state index is -4.11. The number of anilines is 1. The van der Waals surface area contributed by atoms with Crippen molar-refractivity contribution >= 4 is 39.6 Å². The summed E-state index contributed by atoms with van der Waals surface area (Å²) in [6.45, 7) is 11.6. The van der Waals surface area contributed by atoms with Crippen LogP contribution in [0.5, 0.6) is 0 Å². The molecule has 2 aromatic rings. The van der Waals surface area contributed by atoms with Crippen LogP contribution in [0.15, 0.2) is 58.8 Å². The van der Waals surface area contributed by atoms with Crippen LogP contribution in [0.2, 0.25) is 0 Å². The second-order valence-corrected chi connectivity index (χ2v) is 12.3. The Bertz CT molecular complexity index is 1110. The summed E-state index contributed by atoms with van der Waals surface area (Å²) in [5, 5.41) is 3.62. The first-order chi connectivity index (χ1) is 16.3. The van der Waals surface area contributed by atoms with E-state index in [2.05, 4.69) is 28.9 Å². The molecule has 2 rings (SSSR count). The molecule has 0 bridgehead atoms. The first-order valence-corrected chi connectivity index (χ1v) is 13.9. The average molecular weight is 520 g/mol. The number of benzene rings is 2. The molecular formula is C26H37N3O4S2. The lowest BCUT2D eigenvalue weighted by Crippen LogP contribution is -2.36. The van der Waals surface area contributed by atoms with Crippen LogP contribution in [0.3, 0.4) is 0 Å². The van der Waals surface area contributed by atoms with E-state index in [0.29, 0.717) is 5.56 Å². The van der Waals surface area contributed by atoms with Crippen LogP contribution in [0, 0.1) is 6.92 Å². The van der Waals surface area contributed by atoms with Crippen molar-refractivity contribution in [1.82, 2.24) is 9.62 Å². The van der Waals surface area contributed by atoms with Gasteiger partial charge >= 0.3 is 6.09 Å². The molecule has 0 aromatic heterocycles. The summed E-state index contributed by atoms with van der Waals surface area (Å²) >= 11 is 1.77. The minimum absolute atomic E-state index is 0.0233. The van der Waals surface area contributed by atoms with Gasteiger partial charge < -0.3 is 15.0 Å². The fourth-order valence-corrected chi connectivity index (χ4v) is 5.28. The predicted octanol–water partition coefficient (Wildman–Crippen LogP) is 5.38. The Morgan fingerprint density at radius 3 is 2.43 bits per heavy atom. The third-order valence-electron chi connectivity index (χ3n) is 4.95. The molecule has 2 aromatic carbocycles. The number of thioether (sulfide) groups is 1. The number of hydrogen-bond donors (Lipinski definition) is 2. The molecule has 7 nitrogen and oxygen atoms in total. The number of carbonyl (C=O) groups is 1. The van der Waals surface area contributed by atoms with Gasteiger partial charge in [-0.1, -0.05) is 30.9 Å². The first-order valence-electron chi connectivity index (χ1n) is 11.4. The first kappa shape index (κ1) is 28.7. The van der Waals surface area contributed by atoms with Crippen molar-refractivity contribution in [3.05, 3.63) is 60.2 Å². The van der Waals surface area contributed by atoms with Gasteiger partial charge in [0.2, 0.25) is 0 Å². The fourth-order valence-electron chi connectivity index (χ4n) is 3.29. The summed E-state index contributed by atoms with van der Waals surface area (Å²) in [6.07, 6.45) is 1.51. The van der Waals surface area contributed by atoms with Gasteiger partial charge in [-0.15, -0.1) is 11.8 Å². The van der Waals surface area contributed by atoms with Gasteiger partial charge in [0.25, 0.3) is 10.0 Å². The Kier molecular flexibility index (Phi) is 10.2. The Labute approximate surface area is 214 Å². The summed E-state index contributed by atoms with van der Waals surface area (Å²) in [6, 6.07) is 13.4. The Morgan fingerprint density at radius 1 is 1.20 bits per heavy atom. The monoisotopic (exact) mass is 519 g/mol. The van der Waals surface area contributed by atoms with E-state index in [1.807, 2.05) is 43.9 Å². The number of ether oxygens (including phenoxy) is 1. The number of amides is 1. The number of hydrogen-bond acceptors (Lipinski definition) is 7. The fraction of sp³-hybridized carbons (Fsp3) is 0.423. The van der Waals surface area contributed by atoms with Gasteiger partial charge in [0.1, 0.15) is 5.60 Å². The molecule has 0 aliphatic rings. The highest BCUT2D eigenvalue weighted by Gasteiger charge is 2.24. The van der Waals surface area contributed by atoms with E-state index in [0.717, 1.165) is 30.0 Å². The second kappa shape index (κ2) is 12.5. The molecule has 1 atom stereocenters. The lowest BCUT2D eigenvalue weighted by Gasteiger charge is -2.24. The lowest BCUT2D eigenvalue weighted by molar-refractivity contribution is 0.0570. The molecule has 1 amide bonds. The zero-order valence-electron chi connectivity index (χ0n) is 21.4. The van der Waals surface area contributed by atoms with Crippen LogP contribution >= 0.6 is 11.8 Å². The quantitative estimate of drug-likeness (QED) is 0.386. The maximum atomic E-state index is 12.8. The number of nitrogens with one attached hydrogen (secondary N) is 2. The largest absolute Gasteiger partial charge is 0.443 e. The molecule has 1 unspecified atom stereocenters. The van der Waals surface area contributed by atoms with Crippen molar-refractivity contribution in [2.75, 3.05) is 31.7 Å². The summed E-state index contributed by atoms with van der Waals surface area (Å²) in [5.41, 5.74) is 1.41. The highest BCUT2D eigenvalue weighted by molar-refractivity contribution is 7.99. The molecular weight excluding hydrogens is 482 g/mol. The zero-order chi connectivity index (χ0) is 26.2. The van der Waals surface area contributed by atoms with E-state index < -0.39 is 21.7 Å². The van der Waals surface area contributed by atoms with Crippen molar-refractivity contribution in [1.29, 1.82) is 0 Å². The Hall–Kier alpha value is -2.49. The molecule has 0 saturated carbocycles. The summed E-state index contributed by atoms with van der Waals surface area (Å²) in [4.78, 5) is 15.4. The van der Waals surface area contributed by atoms with E-state index in [1.165, 1.54) is 11.0 Å². The van der Waals surface area contributed by atoms with Crippen LogP contribution in [-0.2, 0) is 14.8 Å². The molecule has 2 N–H and O–H groups in total. The van der Waals surface area contributed by atoms with Gasteiger partial charge in [0.05, 0.1) is 4.90 Å². The van der Waals surface area contributed by atoms with Gasteiger partial charge in [-0.05, 0) is 90.1 Å². The van der Waals surface area contributed by atoms with Crippen LogP contribution in [0.25, 0.3) is 6.08 Å². The van der Waals surface area contributed by atoms with E-state index in [-0.39, 0.29) is 10.9 Å². The van der Waals surface area contributed by atoms with Crippen molar-refractivity contribution in [3.63, 3.8) is 0 Å². The van der Waals surface area contributed by atoms with Crippen LogP contribution in [0.4, 0.5) is 10.5 Å². The average Bonchev–Trinajstić information content (AvgIpc) is 2.75. The van der Waals surface area contributed by atoms with Gasteiger partial charge in [-0.25, -0.2) is 17.9 Å². The van der Waals surface area contributed by atoms with Crippen LogP contribution in [0.1, 0.15) is 38.3 Å². The van der Waals surface area contributed by atoms with Crippen molar-refractivity contribution in [3.8, 4) is 0 Å². The predicted molar refractivity (Wildman–Crippen MR) is 146 cm³/mol. The smallest absolute Gasteiger partial charge is 0.421 e. The molecule has 0 saturated heterocycles. The minimum Gasteiger partial charge on any atom is -0.443 e. The van der Waals surface area contributed by atoms with Crippen molar-refractivity contribution < 1.29 is 17.9 Å². The summed E-state index contributed by atoms with van der Waals surface area (Å²) in [5.74, 6) is 0.841. The van der Waals surface area contributed by atoms with E-state index in [4.69, 9.17) is 4.74 Å². The SMILES string of the molecule is C=Cc1cc(S(=O)(=O)NC(=O)OC(C)(C)C)cc(C)c1NC(CCN(C)C)CSc1ccccc1. The van der Waals surface area contributed by atoms with Crippen LogP contribution in [-0.4, -0.2) is 57.4 Å².